The molecule has 0 aliphatic carbocycles. The van der Waals surface area contributed by atoms with E-state index in [4.69, 9.17) is 0 Å². The smallest absolute Gasteiger partial charge is 0.0221 e. The molecule has 1 aliphatic rings. The Labute approximate surface area is 95.2 Å². The van der Waals surface area contributed by atoms with E-state index in [2.05, 4.69) is 24.5 Å². The zero-order valence-corrected chi connectivity index (χ0v) is 10.5. The van der Waals surface area contributed by atoms with Gasteiger partial charge in [-0.2, -0.15) is 0 Å². The summed E-state index contributed by atoms with van der Waals surface area (Å²) in [7, 11) is 0. The second-order valence-corrected chi connectivity index (χ2v) is 4.81. The fourth-order valence-corrected chi connectivity index (χ4v) is 2.49. The summed E-state index contributed by atoms with van der Waals surface area (Å²) in [5, 5.41) is 7.18. The van der Waals surface area contributed by atoms with Gasteiger partial charge in [-0.25, -0.2) is 0 Å². The van der Waals surface area contributed by atoms with Crippen molar-refractivity contribution >= 4 is 0 Å². The van der Waals surface area contributed by atoms with E-state index in [-0.39, 0.29) is 0 Å². The molecule has 15 heavy (non-hydrogen) atoms. The highest BCUT2D eigenvalue weighted by atomic mass is 15.1. The molecule has 2 N–H and O–H groups in total. The molecule has 1 heterocycles. The summed E-state index contributed by atoms with van der Waals surface area (Å²) in [6.45, 7) is 8.06. The van der Waals surface area contributed by atoms with Gasteiger partial charge in [0.25, 0.3) is 0 Å². The highest BCUT2D eigenvalue weighted by Crippen LogP contribution is 2.20. The third-order valence-electron chi connectivity index (χ3n) is 3.50. The summed E-state index contributed by atoms with van der Waals surface area (Å²) in [5.74, 6) is 0.901. The van der Waals surface area contributed by atoms with E-state index in [1.54, 1.807) is 0 Å². The van der Waals surface area contributed by atoms with Crippen LogP contribution in [-0.4, -0.2) is 25.7 Å². The highest BCUT2D eigenvalue weighted by molar-refractivity contribution is 4.82. The van der Waals surface area contributed by atoms with Gasteiger partial charge in [0.05, 0.1) is 0 Å². The molecule has 0 radical (unpaired) electrons. The van der Waals surface area contributed by atoms with E-state index in [1.165, 1.54) is 45.1 Å². The second-order valence-electron chi connectivity index (χ2n) is 4.81. The van der Waals surface area contributed by atoms with E-state index in [9.17, 15) is 0 Å². The van der Waals surface area contributed by atoms with Crippen molar-refractivity contribution in [2.75, 3.05) is 19.6 Å². The lowest BCUT2D eigenvalue weighted by molar-refractivity contribution is 0.271. The van der Waals surface area contributed by atoms with E-state index < -0.39 is 0 Å². The topological polar surface area (TPSA) is 24.1 Å². The predicted octanol–water partition coefficient (Wildman–Crippen LogP) is 2.54. The van der Waals surface area contributed by atoms with Crippen LogP contribution in [0.25, 0.3) is 0 Å². The average molecular weight is 212 g/mol. The summed E-state index contributed by atoms with van der Waals surface area (Å²) in [4.78, 5) is 0. The van der Waals surface area contributed by atoms with Crippen LogP contribution in [0.2, 0.25) is 0 Å². The minimum Gasteiger partial charge on any atom is -0.314 e. The summed E-state index contributed by atoms with van der Waals surface area (Å²) in [6.07, 6.45) is 8.29. The number of hydrogen-bond donors (Lipinski definition) is 2. The maximum Gasteiger partial charge on any atom is 0.0221 e. The van der Waals surface area contributed by atoms with E-state index in [0.29, 0.717) is 0 Å². The quantitative estimate of drug-likeness (QED) is 0.678. The van der Waals surface area contributed by atoms with Gasteiger partial charge in [0.1, 0.15) is 0 Å². The molecule has 1 rings (SSSR count). The van der Waals surface area contributed by atoms with E-state index in [0.717, 1.165) is 25.0 Å². The van der Waals surface area contributed by atoms with E-state index >= 15 is 0 Å². The minimum absolute atomic E-state index is 0.733. The Kier molecular flexibility index (Phi) is 7.03. The van der Waals surface area contributed by atoms with Gasteiger partial charge in [-0.1, -0.05) is 39.5 Å². The molecule has 1 fully saturated rings. The van der Waals surface area contributed by atoms with Crippen LogP contribution in [0.4, 0.5) is 0 Å². The fourth-order valence-electron chi connectivity index (χ4n) is 2.49. The normalized spacial score (nSPS) is 22.2. The average Bonchev–Trinajstić information content (AvgIpc) is 2.30. The molecule has 0 aromatic carbocycles. The molecule has 1 atom stereocenters. The molecule has 2 nitrogen and oxygen atoms in total. The molecular formula is C13H28N2. The highest BCUT2D eigenvalue weighted by Gasteiger charge is 2.21. The SMILES string of the molecule is CCCCC(CCCC)C1CNCCN1. The van der Waals surface area contributed by atoms with Crippen molar-refractivity contribution in [1.29, 1.82) is 0 Å². The lowest BCUT2D eigenvalue weighted by Crippen LogP contribution is -2.51. The van der Waals surface area contributed by atoms with Crippen LogP contribution >= 0.6 is 0 Å². The Bertz CT molecular complexity index is 133. The third-order valence-corrected chi connectivity index (χ3v) is 3.50. The number of unbranched alkanes of at least 4 members (excludes halogenated alkanes) is 2. The molecule has 2 heteroatoms. The second kappa shape index (κ2) is 8.12. The number of piperazine rings is 1. The minimum atomic E-state index is 0.733. The van der Waals surface area contributed by atoms with Gasteiger partial charge in [-0.3, -0.25) is 0 Å². The van der Waals surface area contributed by atoms with Gasteiger partial charge in [0.15, 0.2) is 0 Å². The molecule has 0 aromatic heterocycles. The predicted molar refractivity (Wildman–Crippen MR) is 67.2 cm³/mol. The monoisotopic (exact) mass is 212 g/mol. The van der Waals surface area contributed by atoms with Gasteiger partial charge in [-0.05, 0) is 18.8 Å². The van der Waals surface area contributed by atoms with Crippen LogP contribution in [0.5, 0.6) is 0 Å². The first-order chi connectivity index (χ1) is 7.38. The summed E-state index contributed by atoms with van der Waals surface area (Å²) >= 11 is 0. The van der Waals surface area contributed by atoms with Gasteiger partial charge in [0.2, 0.25) is 0 Å². The molecule has 0 saturated carbocycles. The molecule has 0 aromatic rings. The number of hydrogen-bond acceptors (Lipinski definition) is 2. The fraction of sp³-hybridized carbons (Fsp3) is 1.00. The van der Waals surface area contributed by atoms with Gasteiger partial charge < -0.3 is 10.6 Å². The first-order valence-electron chi connectivity index (χ1n) is 6.82. The van der Waals surface area contributed by atoms with Crippen molar-refractivity contribution in [3.05, 3.63) is 0 Å². The zero-order chi connectivity index (χ0) is 10.9. The molecule has 0 bridgehead atoms. The summed E-state index contributed by atoms with van der Waals surface area (Å²) in [6, 6.07) is 0.733. The largest absolute Gasteiger partial charge is 0.314 e. The van der Waals surface area contributed by atoms with Crippen LogP contribution in [0.15, 0.2) is 0 Å². The molecule has 90 valence electrons. The lowest BCUT2D eigenvalue weighted by atomic mass is 9.88. The first-order valence-corrected chi connectivity index (χ1v) is 6.82. The Balaban J connectivity index is 2.30. The van der Waals surface area contributed by atoms with Crippen LogP contribution in [0.1, 0.15) is 52.4 Å². The van der Waals surface area contributed by atoms with Gasteiger partial charge in [0, 0.05) is 25.7 Å². The maximum absolute atomic E-state index is 3.67. The molecule has 1 saturated heterocycles. The van der Waals surface area contributed by atoms with Crippen molar-refractivity contribution in [1.82, 2.24) is 10.6 Å². The molecule has 1 unspecified atom stereocenters. The molecular weight excluding hydrogens is 184 g/mol. The van der Waals surface area contributed by atoms with Crippen LogP contribution < -0.4 is 10.6 Å². The van der Waals surface area contributed by atoms with Crippen molar-refractivity contribution in [2.24, 2.45) is 5.92 Å². The number of rotatable bonds is 7. The van der Waals surface area contributed by atoms with Crippen LogP contribution in [0.3, 0.4) is 0 Å². The van der Waals surface area contributed by atoms with Crippen molar-refractivity contribution in [3.63, 3.8) is 0 Å². The van der Waals surface area contributed by atoms with Gasteiger partial charge in [-0.15, -0.1) is 0 Å². The lowest BCUT2D eigenvalue weighted by Gasteiger charge is -2.32. The standard InChI is InChI=1S/C13H28N2/c1-3-5-7-12(8-6-4-2)13-11-14-9-10-15-13/h12-15H,3-11H2,1-2H3. The first kappa shape index (κ1) is 13.0. The Morgan fingerprint density at radius 2 is 1.73 bits per heavy atom. The Morgan fingerprint density at radius 3 is 2.20 bits per heavy atom. The number of nitrogens with one attached hydrogen (secondary N) is 2. The van der Waals surface area contributed by atoms with Crippen LogP contribution in [0, 0.1) is 5.92 Å². The van der Waals surface area contributed by atoms with Crippen LogP contribution in [-0.2, 0) is 0 Å². The molecule has 0 spiro atoms. The molecule has 1 aliphatic heterocycles. The van der Waals surface area contributed by atoms with E-state index in [1.807, 2.05) is 0 Å². The maximum atomic E-state index is 3.67. The Morgan fingerprint density at radius 1 is 1.07 bits per heavy atom. The molecule has 0 amide bonds. The Hall–Kier alpha value is -0.0800. The van der Waals surface area contributed by atoms with Crippen molar-refractivity contribution < 1.29 is 0 Å². The third kappa shape index (κ3) is 4.98. The summed E-state index contributed by atoms with van der Waals surface area (Å²) < 4.78 is 0. The van der Waals surface area contributed by atoms with Crippen molar-refractivity contribution in [2.45, 2.75) is 58.4 Å². The summed E-state index contributed by atoms with van der Waals surface area (Å²) in [5.41, 5.74) is 0. The van der Waals surface area contributed by atoms with Gasteiger partial charge >= 0.3 is 0 Å². The van der Waals surface area contributed by atoms with Crippen molar-refractivity contribution in [3.8, 4) is 0 Å². The zero-order valence-electron chi connectivity index (χ0n) is 10.5.